The van der Waals surface area contributed by atoms with E-state index in [1.54, 1.807) is 0 Å². The molecule has 1 nitrogen and oxygen atoms in total. The molecule has 3 rings (SSSR count). The SMILES string of the molecule is CC1(C)CCC(C)(C)c2cc(C(C=O)CCc3ccccc3)ccc21. The van der Waals surface area contributed by atoms with Gasteiger partial charge in [-0.3, -0.25) is 0 Å². The zero-order valence-corrected chi connectivity index (χ0v) is 16.0. The predicted octanol–water partition coefficient (Wildman–Crippen LogP) is 5.95. The van der Waals surface area contributed by atoms with Gasteiger partial charge in [-0.2, -0.15) is 0 Å². The Kier molecular flexibility index (Phi) is 4.86. The van der Waals surface area contributed by atoms with Gasteiger partial charge in [0.2, 0.25) is 0 Å². The van der Waals surface area contributed by atoms with Crippen LogP contribution in [0.5, 0.6) is 0 Å². The summed E-state index contributed by atoms with van der Waals surface area (Å²) >= 11 is 0. The van der Waals surface area contributed by atoms with Gasteiger partial charge in [-0.25, -0.2) is 0 Å². The maximum atomic E-state index is 11.8. The molecule has 132 valence electrons. The summed E-state index contributed by atoms with van der Waals surface area (Å²) in [5.41, 5.74) is 5.79. The predicted molar refractivity (Wildman–Crippen MR) is 105 cm³/mol. The van der Waals surface area contributed by atoms with Crippen molar-refractivity contribution in [3.63, 3.8) is 0 Å². The highest BCUT2D eigenvalue weighted by atomic mass is 16.1. The molecular weight excluding hydrogens is 304 g/mol. The Labute approximate surface area is 152 Å². The molecule has 0 bridgehead atoms. The first-order valence-corrected chi connectivity index (χ1v) is 9.48. The van der Waals surface area contributed by atoms with E-state index in [1.165, 1.54) is 35.1 Å². The van der Waals surface area contributed by atoms with E-state index in [9.17, 15) is 4.79 Å². The lowest BCUT2D eigenvalue weighted by atomic mass is 9.62. The van der Waals surface area contributed by atoms with Crippen molar-refractivity contribution in [2.45, 2.75) is 70.1 Å². The van der Waals surface area contributed by atoms with Crippen LogP contribution in [0.1, 0.15) is 75.1 Å². The Bertz CT molecular complexity index is 740. The Morgan fingerprint density at radius 2 is 1.56 bits per heavy atom. The van der Waals surface area contributed by atoms with Crippen molar-refractivity contribution in [3.05, 3.63) is 70.8 Å². The first kappa shape index (κ1) is 17.9. The summed E-state index contributed by atoms with van der Waals surface area (Å²) < 4.78 is 0. The van der Waals surface area contributed by atoms with E-state index in [-0.39, 0.29) is 16.7 Å². The third kappa shape index (κ3) is 3.71. The lowest BCUT2D eigenvalue weighted by Crippen LogP contribution is -2.34. The van der Waals surface area contributed by atoms with Gasteiger partial charge in [-0.1, -0.05) is 76.2 Å². The topological polar surface area (TPSA) is 17.1 Å². The number of benzene rings is 2. The molecule has 1 heteroatoms. The fraction of sp³-hybridized carbons (Fsp3) is 0.458. The van der Waals surface area contributed by atoms with E-state index >= 15 is 0 Å². The van der Waals surface area contributed by atoms with Gasteiger partial charge >= 0.3 is 0 Å². The molecule has 0 aromatic heterocycles. The standard InChI is InChI=1S/C24H30O/c1-23(2)14-15-24(3,4)22-16-19(12-13-21(22)23)20(17-25)11-10-18-8-6-5-7-9-18/h5-9,12-13,16-17,20H,10-11,14-15H2,1-4H3. The monoisotopic (exact) mass is 334 g/mol. The summed E-state index contributed by atoms with van der Waals surface area (Å²) in [5.74, 6) is -0.0219. The van der Waals surface area contributed by atoms with Gasteiger partial charge in [0.15, 0.2) is 0 Å². The zero-order valence-electron chi connectivity index (χ0n) is 16.0. The van der Waals surface area contributed by atoms with Gasteiger partial charge < -0.3 is 4.79 Å². The molecule has 1 unspecified atom stereocenters. The lowest BCUT2D eigenvalue weighted by Gasteiger charge is -2.42. The molecule has 0 aliphatic heterocycles. The maximum Gasteiger partial charge on any atom is 0.127 e. The van der Waals surface area contributed by atoms with E-state index in [0.717, 1.165) is 19.1 Å². The summed E-state index contributed by atoms with van der Waals surface area (Å²) in [6.45, 7) is 9.36. The van der Waals surface area contributed by atoms with E-state index in [1.807, 2.05) is 6.07 Å². The average Bonchev–Trinajstić information content (AvgIpc) is 2.60. The minimum atomic E-state index is -0.0219. The van der Waals surface area contributed by atoms with E-state index in [2.05, 4.69) is 70.2 Å². The first-order valence-electron chi connectivity index (χ1n) is 9.48. The van der Waals surface area contributed by atoms with Crippen LogP contribution in [0.15, 0.2) is 48.5 Å². The second kappa shape index (κ2) is 6.78. The fourth-order valence-corrected chi connectivity index (χ4v) is 4.12. The van der Waals surface area contributed by atoms with Crippen LogP contribution < -0.4 is 0 Å². The number of fused-ring (bicyclic) bond motifs is 1. The summed E-state index contributed by atoms with van der Waals surface area (Å²) in [5, 5.41) is 0. The molecule has 0 radical (unpaired) electrons. The van der Waals surface area contributed by atoms with Crippen molar-refractivity contribution in [2.75, 3.05) is 0 Å². The number of hydrogen-bond donors (Lipinski definition) is 0. The highest BCUT2D eigenvalue weighted by molar-refractivity contribution is 5.63. The van der Waals surface area contributed by atoms with Crippen LogP contribution in [0, 0.1) is 0 Å². The Morgan fingerprint density at radius 3 is 2.20 bits per heavy atom. The van der Waals surface area contributed by atoms with Gasteiger partial charge in [-0.05, 0) is 58.8 Å². The molecule has 0 fully saturated rings. The maximum absolute atomic E-state index is 11.8. The molecule has 1 aliphatic rings. The first-order chi connectivity index (χ1) is 11.8. The minimum absolute atomic E-state index is 0.0219. The number of aldehydes is 1. The van der Waals surface area contributed by atoms with Gasteiger partial charge in [0, 0.05) is 5.92 Å². The normalized spacial score (nSPS) is 19.0. The molecule has 1 atom stereocenters. The van der Waals surface area contributed by atoms with Crippen molar-refractivity contribution in [3.8, 4) is 0 Å². The fourth-order valence-electron chi connectivity index (χ4n) is 4.12. The van der Waals surface area contributed by atoms with E-state index < -0.39 is 0 Å². The molecule has 2 aromatic carbocycles. The smallest absolute Gasteiger partial charge is 0.127 e. The van der Waals surface area contributed by atoms with Crippen LogP contribution >= 0.6 is 0 Å². The van der Waals surface area contributed by atoms with Crippen molar-refractivity contribution < 1.29 is 4.79 Å². The quantitative estimate of drug-likeness (QED) is 0.617. The van der Waals surface area contributed by atoms with Crippen molar-refractivity contribution in [1.29, 1.82) is 0 Å². The number of carbonyl (C=O) groups is 1. The average molecular weight is 335 g/mol. The molecular formula is C24H30O. The lowest BCUT2D eigenvalue weighted by molar-refractivity contribution is -0.109. The van der Waals surface area contributed by atoms with Crippen LogP contribution in [0.4, 0.5) is 0 Å². The van der Waals surface area contributed by atoms with Crippen molar-refractivity contribution in [2.24, 2.45) is 0 Å². The molecule has 25 heavy (non-hydrogen) atoms. The summed E-state index contributed by atoms with van der Waals surface area (Å²) in [7, 11) is 0. The van der Waals surface area contributed by atoms with E-state index in [0.29, 0.717) is 0 Å². The third-order valence-electron chi connectivity index (χ3n) is 6.06. The molecule has 1 aliphatic carbocycles. The summed E-state index contributed by atoms with van der Waals surface area (Å²) in [4.78, 5) is 11.8. The highest BCUT2D eigenvalue weighted by Crippen LogP contribution is 2.46. The molecule has 0 spiro atoms. The van der Waals surface area contributed by atoms with Crippen molar-refractivity contribution in [1.82, 2.24) is 0 Å². The van der Waals surface area contributed by atoms with Crippen LogP contribution in [0.3, 0.4) is 0 Å². The largest absolute Gasteiger partial charge is 0.303 e. The van der Waals surface area contributed by atoms with Crippen LogP contribution in [0.25, 0.3) is 0 Å². The van der Waals surface area contributed by atoms with Crippen LogP contribution in [-0.2, 0) is 22.0 Å². The highest BCUT2D eigenvalue weighted by Gasteiger charge is 2.37. The number of carbonyl (C=O) groups excluding carboxylic acids is 1. The van der Waals surface area contributed by atoms with Crippen molar-refractivity contribution >= 4 is 6.29 Å². The zero-order chi connectivity index (χ0) is 18.1. The number of rotatable bonds is 5. The summed E-state index contributed by atoms with van der Waals surface area (Å²) in [6.07, 6.45) is 5.36. The Hall–Kier alpha value is -1.89. The molecule has 0 amide bonds. The second-order valence-electron chi connectivity index (χ2n) is 8.84. The Morgan fingerprint density at radius 1 is 0.920 bits per heavy atom. The molecule has 2 aromatic rings. The summed E-state index contributed by atoms with van der Waals surface area (Å²) in [6, 6.07) is 17.2. The van der Waals surface area contributed by atoms with Crippen LogP contribution in [-0.4, -0.2) is 6.29 Å². The van der Waals surface area contributed by atoms with Gasteiger partial charge in [0.05, 0.1) is 0 Å². The third-order valence-corrected chi connectivity index (χ3v) is 6.06. The molecule has 0 heterocycles. The van der Waals surface area contributed by atoms with Gasteiger partial charge in [-0.15, -0.1) is 0 Å². The van der Waals surface area contributed by atoms with E-state index in [4.69, 9.17) is 0 Å². The van der Waals surface area contributed by atoms with Gasteiger partial charge in [0.1, 0.15) is 6.29 Å². The number of hydrogen-bond acceptors (Lipinski definition) is 1. The minimum Gasteiger partial charge on any atom is -0.303 e. The molecule has 0 saturated heterocycles. The van der Waals surface area contributed by atoms with Crippen LogP contribution in [0.2, 0.25) is 0 Å². The molecule has 0 N–H and O–H groups in total. The van der Waals surface area contributed by atoms with Gasteiger partial charge in [0.25, 0.3) is 0 Å². The molecule has 0 saturated carbocycles. The second-order valence-corrected chi connectivity index (χ2v) is 8.84. The number of aryl methyl sites for hydroxylation is 1. The Balaban J connectivity index is 1.88.